The van der Waals surface area contributed by atoms with Gasteiger partial charge in [-0.15, -0.1) is 0 Å². The van der Waals surface area contributed by atoms with E-state index in [1.165, 1.54) is 7.11 Å². The number of nitrogens with zero attached hydrogens (tertiary/aromatic N) is 1. The Balaban J connectivity index is 1.63. The van der Waals surface area contributed by atoms with Gasteiger partial charge in [0, 0.05) is 24.6 Å². The van der Waals surface area contributed by atoms with Crippen molar-refractivity contribution < 1.29 is 19.1 Å². The molecule has 1 saturated heterocycles. The number of hydrogen-bond donors (Lipinski definition) is 0. The number of carbonyl (C=O) groups is 2. The van der Waals surface area contributed by atoms with Crippen LogP contribution in [0, 0.1) is 5.92 Å². The molecule has 1 aliphatic rings. The van der Waals surface area contributed by atoms with Gasteiger partial charge >= 0.3 is 5.97 Å². The fourth-order valence-corrected chi connectivity index (χ4v) is 3.55. The van der Waals surface area contributed by atoms with E-state index in [4.69, 9.17) is 9.47 Å². The lowest BCUT2D eigenvalue weighted by Gasteiger charge is -2.32. The number of Topliss-reactive ketones (excluding diaryl/α,β-unsaturated/α-hetero) is 1. The Kier molecular flexibility index (Phi) is 6.24. The van der Waals surface area contributed by atoms with E-state index in [-0.39, 0.29) is 17.7 Å². The summed E-state index contributed by atoms with van der Waals surface area (Å²) >= 11 is 0. The molecular formula is C22H25NO4. The molecule has 0 aliphatic carbocycles. The second-order valence-corrected chi connectivity index (χ2v) is 6.86. The molecule has 0 amide bonds. The highest BCUT2D eigenvalue weighted by Crippen LogP contribution is 2.24. The summed E-state index contributed by atoms with van der Waals surface area (Å²) in [7, 11) is 2.99. The van der Waals surface area contributed by atoms with Gasteiger partial charge in [-0.3, -0.25) is 9.69 Å². The molecule has 0 unspecified atom stereocenters. The maximum Gasteiger partial charge on any atom is 0.337 e. The van der Waals surface area contributed by atoms with Gasteiger partial charge in [0.25, 0.3) is 0 Å². The number of benzene rings is 2. The van der Waals surface area contributed by atoms with Crippen LogP contribution >= 0.6 is 0 Å². The number of carbonyl (C=O) groups excluding carboxylic acids is 2. The maximum absolute atomic E-state index is 12.9. The summed E-state index contributed by atoms with van der Waals surface area (Å²) < 4.78 is 9.96. The van der Waals surface area contributed by atoms with Crippen LogP contribution in [0.1, 0.15) is 39.1 Å². The van der Waals surface area contributed by atoms with Crippen LogP contribution in [0.4, 0.5) is 0 Å². The molecule has 0 saturated carbocycles. The van der Waals surface area contributed by atoms with Gasteiger partial charge in [0.1, 0.15) is 5.75 Å². The minimum atomic E-state index is -0.330. The molecule has 0 aromatic heterocycles. The molecule has 1 heterocycles. The summed E-state index contributed by atoms with van der Waals surface area (Å²) in [6.07, 6.45) is 1.91. The van der Waals surface area contributed by atoms with Crippen LogP contribution in [-0.2, 0) is 11.3 Å². The lowest BCUT2D eigenvalue weighted by molar-refractivity contribution is 0.0600. The second kappa shape index (κ2) is 8.82. The average Bonchev–Trinajstić information content (AvgIpc) is 2.73. The van der Waals surface area contributed by atoms with Crippen molar-refractivity contribution in [3.05, 3.63) is 65.2 Å². The lowest BCUT2D eigenvalue weighted by atomic mass is 9.89. The fraction of sp³-hybridized carbons (Fsp3) is 0.364. The molecule has 1 atom stereocenters. The minimum Gasteiger partial charge on any atom is -0.497 e. The quantitative estimate of drug-likeness (QED) is 0.577. The lowest BCUT2D eigenvalue weighted by Crippen LogP contribution is -2.38. The second-order valence-electron chi connectivity index (χ2n) is 6.86. The Morgan fingerprint density at radius 2 is 1.85 bits per heavy atom. The molecule has 1 fully saturated rings. The first-order valence-corrected chi connectivity index (χ1v) is 9.18. The fourth-order valence-electron chi connectivity index (χ4n) is 3.55. The molecule has 1 aliphatic heterocycles. The van der Waals surface area contributed by atoms with Gasteiger partial charge in [0.2, 0.25) is 0 Å². The van der Waals surface area contributed by atoms with Crippen LogP contribution in [0.2, 0.25) is 0 Å². The predicted octanol–water partition coefficient (Wildman–Crippen LogP) is 3.58. The van der Waals surface area contributed by atoms with Crippen molar-refractivity contribution in [2.24, 2.45) is 5.92 Å². The molecule has 0 N–H and O–H groups in total. The zero-order valence-corrected chi connectivity index (χ0v) is 15.8. The molecule has 2 aromatic carbocycles. The first-order valence-electron chi connectivity index (χ1n) is 9.18. The molecular weight excluding hydrogens is 342 g/mol. The molecule has 27 heavy (non-hydrogen) atoms. The van der Waals surface area contributed by atoms with Crippen LogP contribution in [0.25, 0.3) is 0 Å². The highest BCUT2D eigenvalue weighted by atomic mass is 16.5. The van der Waals surface area contributed by atoms with E-state index in [1.807, 2.05) is 36.4 Å². The van der Waals surface area contributed by atoms with Crippen molar-refractivity contribution in [1.82, 2.24) is 4.90 Å². The minimum absolute atomic E-state index is 0.000184. The van der Waals surface area contributed by atoms with Gasteiger partial charge in [0.15, 0.2) is 5.78 Å². The van der Waals surface area contributed by atoms with Gasteiger partial charge in [-0.1, -0.05) is 24.3 Å². The number of likely N-dealkylation sites (tertiary alicyclic amines) is 1. The maximum atomic E-state index is 12.9. The normalized spacial score (nSPS) is 17.3. The van der Waals surface area contributed by atoms with E-state index < -0.39 is 0 Å². The summed E-state index contributed by atoms with van der Waals surface area (Å²) in [6.45, 7) is 2.48. The van der Waals surface area contributed by atoms with Crippen LogP contribution in [0.3, 0.4) is 0 Å². The Labute approximate surface area is 159 Å². The Morgan fingerprint density at radius 3 is 2.56 bits per heavy atom. The van der Waals surface area contributed by atoms with Crippen LogP contribution in [-0.4, -0.2) is 44.0 Å². The summed E-state index contributed by atoms with van der Waals surface area (Å²) in [5.41, 5.74) is 2.38. The van der Waals surface area contributed by atoms with Gasteiger partial charge in [-0.2, -0.15) is 0 Å². The molecule has 3 rings (SSSR count). The van der Waals surface area contributed by atoms with Crippen molar-refractivity contribution in [3.8, 4) is 5.75 Å². The van der Waals surface area contributed by atoms with Gasteiger partial charge < -0.3 is 9.47 Å². The molecule has 0 bridgehead atoms. The van der Waals surface area contributed by atoms with Gasteiger partial charge in [-0.25, -0.2) is 4.79 Å². The molecule has 0 radical (unpaired) electrons. The van der Waals surface area contributed by atoms with E-state index in [1.54, 1.807) is 19.2 Å². The van der Waals surface area contributed by atoms with Gasteiger partial charge in [-0.05, 0) is 49.2 Å². The molecule has 5 nitrogen and oxygen atoms in total. The molecule has 142 valence electrons. The van der Waals surface area contributed by atoms with Crippen molar-refractivity contribution in [2.75, 3.05) is 27.3 Å². The Morgan fingerprint density at radius 1 is 1.07 bits per heavy atom. The SMILES string of the molecule is COC(=O)c1ccc(CN2CCC[C@H](C(=O)c3cccc(OC)c3)C2)cc1. The van der Waals surface area contributed by atoms with E-state index in [2.05, 4.69) is 4.90 Å². The Bertz CT molecular complexity index is 800. The zero-order valence-electron chi connectivity index (χ0n) is 15.8. The molecule has 2 aromatic rings. The highest BCUT2D eigenvalue weighted by Gasteiger charge is 2.26. The first-order chi connectivity index (χ1) is 13.1. The third-order valence-electron chi connectivity index (χ3n) is 5.01. The monoisotopic (exact) mass is 367 g/mol. The number of ketones is 1. The number of ether oxygens (including phenoxy) is 2. The van der Waals surface area contributed by atoms with Crippen molar-refractivity contribution in [2.45, 2.75) is 19.4 Å². The van der Waals surface area contributed by atoms with Crippen LogP contribution in [0.15, 0.2) is 48.5 Å². The summed E-state index contributed by atoms with van der Waals surface area (Å²) in [5.74, 6) is 0.558. The van der Waals surface area contributed by atoms with Crippen LogP contribution in [0.5, 0.6) is 5.75 Å². The first kappa shape index (κ1) is 19.1. The van der Waals surface area contributed by atoms with Crippen molar-refractivity contribution in [3.63, 3.8) is 0 Å². The standard InChI is InChI=1S/C22H25NO4/c1-26-20-7-3-5-18(13-20)21(24)19-6-4-12-23(15-19)14-16-8-10-17(11-9-16)22(25)27-2/h3,5,7-11,13,19H,4,6,12,14-15H2,1-2H3/t19-/m0/s1. The Hall–Kier alpha value is -2.66. The van der Waals surface area contributed by atoms with Gasteiger partial charge in [0.05, 0.1) is 19.8 Å². The van der Waals surface area contributed by atoms with E-state index in [0.717, 1.165) is 38.0 Å². The zero-order chi connectivity index (χ0) is 19.2. The topological polar surface area (TPSA) is 55.8 Å². The summed E-state index contributed by atoms with van der Waals surface area (Å²) in [4.78, 5) is 26.7. The number of piperidine rings is 1. The largest absolute Gasteiger partial charge is 0.497 e. The average molecular weight is 367 g/mol. The summed E-state index contributed by atoms with van der Waals surface area (Å²) in [6, 6.07) is 14.8. The number of methoxy groups -OCH3 is 2. The number of rotatable bonds is 6. The van der Waals surface area contributed by atoms with E-state index >= 15 is 0 Å². The number of hydrogen-bond acceptors (Lipinski definition) is 5. The van der Waals surface area contributed by atoms with Crippen molar-refractivity contribution >= 4 is 11.8 Å². The third kappa shape index (κ3) is 4.74. The van der Waals surface area contributed by atoms with Crippen molar-refractivity contribution in [1.29, 1.82) is 0 Å². The highest BCUT2D eigenvalue weighted by molar-refractivity contribution is 5.98. The van der Waals surface area contributed by atoms with E-state index in [0.29, 0.717) is 16.9 Å². The van der Waals surface area contributed by atoms with Crippen LogP contribution < -0.4 is 4.74 Å². The number of esters is 1. The smallest absolute Gasteiger partial charge is 0.337 e. The third-order valence-corrected chi connectivity index (χ3v) is 5.01. The molecule has 0 spiro atoms. The van der Waals surface area contributed by atoms with E-state index in [9.17, 15) is 9.59 Å². The predicted molar refractivity (Wildman–Crippen MR) is 103 cm³/mol. The molecule has 5 heteroatoms. The summed E-state index contributed by atoms with van der Waals surface area (Å²) in [5, 5.41) is 0.